The van der Waals surface area contributed by atoms with Gasteiger partial charge in [-0.1, -0.05) is 19.1 Å². The Morgan fingerprint density at radius 1 is 1.44 bits per heavy atom. The lowest BCUT2D eigenvalue weighted by Gasteiger charge is -2.19. The van der Waals surface area contributed by atoms with Gasteiger partial charge in [0.15, 0.2) is 0 Å². The third-order valence-corrected chi connectivity index (χ3v) is 3.69. The first-order valence-corrected chi connectivity index (χ1v) is 6.16. The lowest BCUT2D eigenvalue weighted by Crippen LogP contribution is -2.33. The minimum Gasteiger partial charge on any atom is -0.313 e. The molecule has 1 aromatic rings. The van der Waals surface area contributed by atoms with Crippen molar-refractivity contribution in [2.24, 2.45) is 0 Å². The first kappa shape index (κ1) is 11.6. The summed E-state index contributed by atoms with van der Waals surface area (Å²) in [7, 11) is 0. The summed E-state index contributed by atoms with van der Waals surface area (Å²) in [6.45, 7) is 5.35. The highest BCUT2D eigenvalue weighted by Gasteiger charge is 2.44. The zero-order chi connectivity index (χ0) is 11.6. The number of nitrogens with one attached hydrogen (secondary N) is 1. The van der Waals surface area contributed by atoms with E-state index in [0.29, 0.717) is 6.04 Å². The quantitative estimate of drug-likeness (QED) is 0.805. The van der Waals surface area contributed by atoms with Crippen molar-refractivity contribution >= 4 is 0 Å². The minimum absolute atomic E-state index is 0.118. The van der Waals surface area contributed by atoms with Gasteiger partial charge in [-0.3, -0.25) is 0 Å². The SMILES string of the molecule is CCC(C)NCC1(c2cccc(F)c2)CC1. The molecule has 0 saturated heterocycles. The molecule has 16 heavy (non-hydrogen) atoms. The maximum Gasteiger partial charge on any atom is 0.123 e. The van der Waals surface area contributed by atoms with Crippen molar-refractivity contribution in [1.82, 2.24) is 5.32 Å². The van der Waals surface area contributed by atoms with Gasteiger partial charge < -0.3 is 5.32 Å². The van der Waals surface area contributed by atoms with E-state index >= 15 is 0 Å². The Balaban J connectivity index is 2.03. The van der Waals surface area contributed by atoms with Crippen molar-refractivity contribution in [3.8, 4) is 0 Å². The predicted molar refractivity (Wildman–Crippen MR) is 65.1 cm³/mol. The largest absolute Gasteiger partial charge is 0.313 e. The summed E-state index contributed by atoms with van der Waals surface area (Å²) in [5, 5.41) is 3.53. The molecule has 0 aliphatic heterocycles. The highest BCUT2D eigenvalue weighted by Crippen LogP contribution is 2.47. The maximum atomic E-state index is 13.2. The molecule has 0 bridgehead atoms. The molecule has 1 nitrogen and oxygen atoms in total. The van der Waals surface area contributed by atoms with Crippen LogP contribution in [0.25, 0.3) is 0 Å². The molecule has 1 aromatic carbocycles. The molecule has 0 aromatic heterocycles. The molecule has 0 amide bonds. The van der Waals surface area contributed by atoms with E-state index in [4.69, 9.17) is 0 Å². The fourth-order valence-corrected chi connectivity index (χ4v) is 2.05. The van der Waals surface area contributed by atoms with Gasteiger partial charge in [-0.25, -0.2) is 4.39 Å². The van der Waals surface area contributed by atoms with Crippen LogP contribution < -0.4 is 5.32 Å². The van der Waals surface area contributed by atoms with Crippen LogP contribution in [0.3, 0.4) is 0 Å². The van der Waals surface area contributed by atoms with E-state index in [0.717, 1.165) is 18.5 Å². The van der Waals surface area contributed by atoms with Gasteiger partial charge in [0.2, 0.25) is 0 Å². The van der Waals surface area contributed by atoms with E-state index in [1.807, 2.05) is 12.1 Å². The van der Waals surface area contributed by atoms with Crippen LogP contribution >= 0.6 is 0 Å². The molecule has 1 N–H and O–H groups in total. The Morgan fingerprint density at radius 3 is 2.75 bits per heavy atom. The number of rotatable bonds is 5. The van der Waals surface area contributed by atoms with Crippen molar-refractivity contribution in [1.29, 1.82) is 0 Å². The smallest absolute Gasteiger partial charge is 0.123 e. The van der Waals surface area contributed by atoms with Gasteiger partial charge in [-0.05, 0) is 43.9 Å². The molecule has 1 atom stereocenters. The molecule has 1 saturated carbocycles. The van der Waals surface area contributed by atoms with Crippen molar-refractivity contribution in [3.63, 3.8) is 0 Å². The summed E-state index contributed by atoms with van der Waals surface area (Å²) >= 11 is 0. The minimum atomic E-state index is -0.118. The molecule has 0 heterocycles. The summed E-state index contributed by atoms with van der Waals surface area (Å²) in [6.07, 6.45) is 3.50. The molecule has 1 unspecified atom stereocenters. The lowest BCUT2D eigenvalue weighted by molar-refractivity contribution is 0.485. The second kappa shape index (κ2) is 4.54. The van der Waals surface area contributed by atoms with E-state index in [2.05, 4.69) is 19.2 Å². The summed E-state index contributed by atoms with van der Waals surface area (Å²) < 4.78 is 13.2. The third kappa shape index (κ3) is 2.43. The zero-order valence-corrected chi connectivity index (χ0v) is 10.1. The molecule has 1 fully saturated rings. The fourth-order valence-electron chi connectivity index (χ4n) is 2.05. The van der Waals surface area contributed by atoms with Crippen LogP contribution in [0, 0.1) is 5.82 Å². The maximum absolute atomic E-state index is 13.2. The number of halogens is 1. The lowest BCUT2D eigenvalue weighted by atomic mass is 9.95. The standard InChI is InChI=1S/C14H20FN/c1-3-11(2)16-10-14(7-8-14)12-5-4-6-13(15)9-12/h4-6,9,11,16H,3,7-8,10H2,1-2H3. The molecular weight excluding hydrogens is 201 g/mol. The Morgan fingerprint density at radius 2 is 2.19 bits per heavy atom. The van der Waals surface area contributed by atoms with E-state index in [9.17, 15) is 4.39 Å². The second-order valence-electron chi connectivity index (χ2n) is 4.98. The van der Waals surface area contributed by atoms with E-state index < -0.39 is 0 Å². The first-order valence-electron chi connectivity index (χ1n) is 6.16. The first-order chi connectivity index (χ1) is 7.66. The Hall–Kier alpha value is -0.890. The second-order valence-corrected chi connectivity index (χ2v) is 4.98. The monoisotopic (exact) mass is 221 g/mol. The molecular formula is C14H20FN. The molecule has 0 radical (unpaired) electrons. The van der Waals surface area contributed by atoms with E-state index in [-0.39, 0.29) is 11.2 Å². The zero-order valence-electron chi connectivity index (χ0n) is 10.1. The van der Waals surface area contributed by atoms with Gasteiger partial charge in [0.25, 0.3) is 0 Å². The van der Waals surface area contributed by atoms with Gasteiger partial charge in [0.05, 0.1) is 0 Å². The Kier molecular flexibility index (Phi) is 3.29. The van der Waals surface area contributed by atoms with Crippen LogP contribution in [0.15, 0.2) is 24.3 Å². The van der Waals surface area contributed by atoms with Crippen molar-refractivity contribution in [2.75, 3.05) is 6.54 Å². The van der Waals surface area contributed by atoms with Crippen LogP contribution in [0.5, 0.6) is 0 Å². The van der Waals surface area contributed by atoms with Crippen LogP contribution in [0.4, 0.5) is 4.39 Å². The van der Waals surface area contributed by atoms with Crippen LogP contribution in [0.2, 0.25) is 0 Å². The third-order valence-electron chi connectivity index (χ3n) is 3.69. The number of hydrogen-bond acceptors (Lipinski definition) is 1. The summed E-state index contributed by atoms with van der Waals surface area (Å²) in [4.78, 5) is 0. The highest BCUT2D eigenvalue weighted by molar-refractivity contribution is 5.32. The highest BCUT2D eigenvalue weighted by atomic mass is 19.1. The average Bonchev–Trinajstić information content (AvgIpc) is 3.07. The molecule has 2 heteroatoms. The van der Waals surface area contributed by atoms with E-state index in [1.54, 1.807) is 6.07 Å². The molecule has 0 spiro atoms. The average molecular weight is 221 g/mol. The Bertz CT molecular complexity index is 358. The topological polar surface area (TPSA) is 12.0 Å². The molecule has 2 rings (SSSR count). The number of benzene rings is 1. The molecule has 88 valence electrons. The Labute approximate surface area is 97.1 Å². The number of hydrogen-bond donors (Lipinski definition) is 1. The van der Waals surface area contributed by atoms with Gasteiger partial charge in [0.1, 0.15) is 5.82 Å². The summed E-state index contributed by atoms with van der Waals surface area (Å²) in [6, 6.07) is 7.61. The summed E-state index contributed by atoms with van der Waals surface area (Å²) in [5.74, 6) is -0.118. The van der Waals surface area contributed by atoms with Crippen molar-refractivity contribution in [3.05, 3.63) is 35.6 Å². The van der Waals surface area contributed by atoms with Crippen LogP contribution in [0.1, 0.15) is 38.7 Å². The molecule has 1 aliphatic rings. The van der Waals surface area contributed by atoms with Gasteiger partial charge in [-0.15, -0.1) is 0 Å². The van der Waals surface area contributed by atoms with Gasteiger partial charge in [-0.2, -0.15) is 0 Å². The van der Waals surface area contributed by atoms with Crippen LogP contribution in [-0.4, -0.2) is 12.6 Å². The van der Waals surface area contributed by atoms with Crippen LogP contribution in [-0.2, 0) is 5.41 Å². The van der Waals surface area contributed by atoms with Crippen molar-refractivity contribution in [2.45, 2.75) is 44.6 Å². The fraction of sp³-hybridized carbons (Fsp3) is 0.571. The van der Waals surface area contributed by atoms with Crippen molar-refractivity contribution < 1.29 is 4.39 Å². The normalized spacial score (nSPS) is 19.4. The van der Waals surface area contributed by atoms with Gasteiger partial charge >= 0.3 is 0 Å². The summed E-state index contributed by atoms with van der Waals surface area (Å²) in [5.41, 5.74) is 1.37. The van der Waals surface area contributed by atoms with E-state index in [1.165, 1.54) is 18.9 Å². The van der Waals surface area contributed by atoms with Gasteiger partial charge in [0, 0.05) is 18.0 Å². The predicted octanol–water partition coefficient (Wildman–Crippen LogP) is 3.25. The molecule has 1 aliphatic carbocycles.